The van der Waals surface area contributed by atoms with Gasteiger partial charge in [0.15, 0.2) is 0 Å². The first kappa shape index (κ1) is 20.2. The second kappa shape index (κ2) is 7.86. The molecule has 1 aromatic heterocycles. The van der Waals surface area contributed by atoms with Gasteiger partial charge in [-0.25, -0.2) is 8.42 Å². The van der Waals surface area contributed by atoms with E-state index in [2.05, 4.69) is 29.2 Å². The molecule has 0 bridgehead atoms. The van der Waals surface area contributed by atoms with Gasteiger partial charge in [-0.15, -0.1) is 0 Å². The first-order valence-corrected chi connectivity index (χ1v) is 11.3. The number of hydrogen-bond acceptors (Lipinski definition) is 3. The smallest absolute Gasteiger partial charge is 0.229 e. The predicted molar refractivity (Wildman–Crippen MR) is 115 cm³/mol. The van der Waals surface area contributed by atoms with Crippen LogP contribution in [0.5, 0.6) is 0 Å². The maximum atomic E-state index is 11.4. The molecule has 146 valence electrons. The van der Waals surface area contributed by atoms with E-state index in [1.165, 1.54) is 0 Å². The molecular weight excluding hydrogens is 394 g/mol. The van der Waals surface area contributed by atoms with Crippen molar-refractivity contribution in [3.8, 4) is 17.3 Å². The van der Waals surface area contributed by atoms with Crippen molar-refractivity contribution in [2.75, 3.05) is 11.0 Å². The van der Waals surface area contributed by atoms with E-state index in [1.54, 1.807) is 12.1 Å². The normalized spacial score (nSPS) is 11.7. The number of nitrogens with one attached hydrogen (secondary N) is 1. The average Bonchev–Trinajstić information content (AvgIpc) is 2.91. The van der Waals surface area contributed by atoms with Crippen LogP contribution in [0.1, 0.15) is 25.8 Å². The van der Waals surface area contributed by atoms with Gasteiger partial charge >= 0.3 is 0 Å². The van der Waals surface area contributed by atoms with Crippen LogP contribution in [0.3, 0.4) is 0 Å². The van der Waals surface area contributed by atoms with Gasteiger partial charge in [0.2, 0.25) is 10.0 Å². The number of aromatic nitrogens is 1. The minimum Gasteiger partial charge on any atom is -0.339 e. The Morgan fingerprint density at radius 3 is 2.43 bits per heavy atom. The third-order valence-electron chi connectivity index (χ3n) is 4.53. The van der Waals surface area contributed by atoms with Crippen molar-refractivity contribution >= 4 is 38.2 Å². The van der Waals surface area contributed by atoms with Crippen molar-refractivity contribution in [1.82, 2.24) is 4.57 Å². The summed E-state index contributed by atoms with van der Waals surface area (Å²) in [6, 6.07) is 15.0. The lowest BCUT2D eigenvalue weighted by Crippen LogP contribution is -2.09. The fourth-order valence-electron chi connectivity index (χ4n) is 3.27. The summed E-state index contributed by atoms with van der Waals surface area (Å²) in [5.41, 5.74) is 3.70. The van der Waals surface area contributed by atoms with E-state index in [-0.39, 0.29) is 0 Å². The van der Waals surface area contributed by atoms with Crippen molar-refractivity contribution in [2.24, 2.45) is 5.92 Å². The lowest BCUT2D eigenvalue weighted by atomic mass is 10.1. The van der Waals surface area contributed by atoms with E-state index in [1.807, 2.05) is 30.3 Å². The third-order valence-corrected chi connectivity index (χ3v) is 5.37. The van der Waals surface area contributed by atoms with Crippen LogP contribution in [0.25, 0.3) is 22.2 Å². The molecule has 1 N–H and O–H groups in total. The maximum absolute atomic E-state index is 11.4. The molecule has 0 radical (unpaired) electrons. The number of sulfonamides is 1. The Labute approximate surface area is 170 Å². The Hall–Kier alpha value is -2.49. The van der Waals surface area contributed by atoms with Crippen LogP contribution in [-0.2, 0) is 16.6 Å². The number of fused-ring (bicyclic) bond motifs is 1. The molecule has 0 aliphatic carbocycles. The Balaban J connectivity index is 2.18. The molecule has 0 spiro atoms. The summed E-state index contributed by atoms with van der Waals surface area (Å²) in [4.78, 5) is 0. The van der Waals surface area contributed by atoms with Crippen LogP contribution < -0.4 is 4.72 Å². The molecule has 7 heteroatoms. The molecule has 5 nitrogen and oxygen atoms in total. The summed E-state index contributed by atoms with van der Waals surface area (Å²) in [6.45, 7) is 5.11. The lowest BCUT2D eigenvalue weighted by molar-refractivity contribution is 0.526. The van der Waals surface area contributed by atoms with Gasteiger partial charge in [-0.05, 0) is 48.2 Å². The molecule has 3 rings (SSSR count). The molecular formula is C21H22ClN3O2S. The molecule has 0 unspecified atom stereocenters. The van der Waals surface area contributed by atoms with Crippen molar-refractivity contribution in [3.63, 3.8) is 0 Å². The van der Waals surface area contributed by atoms with Crippen LogP contribution >= 0.6 is 11.6 Å². The second-order valence-corrected chi connectivity index (χ2v) is 9.47. The molecule has 0 amide bonds. The number of nitrogens with zero attached hydrogens (tertiary/aromatic N) is 2. The number of nitriles is 1. The number of anilines is 1. The molecule has 0 atom stereocenters. The van der Waals surface area contributed by atoms with E-state index in [0.717, 1.165) is 41.4 Å². The molecule has 0 aliphatic heterocycles. The lowest BCUT2D eigenvalue weighted by Gasteiger charge is -2.13. The minimum absolute atomic E-state index is 0.484. The van der Waals surface area contributed by atoms with E-state index < -0.39 is 10.0 Å². The monoisotopic (exact) mass is 415 g/mol. The van der Waals surface area contributed by atoms with Gasteiger partial charge in [0.05, 0.1) is 17.5 Å². The van der Waals surface area contributed by atoms with E-state index in [4.69, 9.17) is 11.6 Å². The summed E-state index contributed by atoms with van der Waals surface area (Å²) in [7, 11) is -3.34. The predicted octanol–water partition coefficient (Wildman–Crippen LogP) is 5.25. The number of hydrogen-bond donors (Lipinski definition) is 1. The summed E-state index contributed by atoms with van der Waals surface area (Å²) in [6.07, 6.45) is 2.08. The molecule has 0 saturated heterocycles. The Morgan fingerprint density at radius 2 is 1.86 bits per heavy atom. The summed E-state index contributed by atoms with van der Waals surface area (Å²) in [5, 5.41) is 11.3. The molecule has 0 saturated carbocycles. The SMILES string of the molecule is CC(C)CCn1c(-c2ccc(NS(C)(=O)=O)cc2)c(C#N)c2cc(Cl)ccc21. The van der Waals surface area contributed by atoms with Gasteiger partial charge in [0, 0.05) is 28.2 Å². The highest BCUT2D eigenvalue weighted by Gasteiger charge is 2.19. The van der Waals surface area contributed by atoms with Crippen molar-refractivity contribution in [1.29, 1.82) is 5.26 Å². The zero-order valence-corrected chi connectivity index (χ0v) is 17.6. The zero-order valence-electron chi connectivity index (χ0n) is 16.0. The number of halogens is 1. The van der Waals surface area contributed by atoms with Gasteiger partial charge in [0.25, 0.3) is 0 Å². The van der Waals surface area contributed by atoms with Gasteiger partial charge in [-0.2, -0.15) is 5.26 Å². The first-order chi connectivity index (χ1) is 13.2. The molecule has 28 heavy (non-hydrogen) atoms. The minimum atomic E-state index is -3.34. The summed E-state index contributed by atoms with van der Waals surface area (Å²) >= 11 is 6.18. The second-order valence-electron chi connectivity index (χ2n) is 7.28. The Kier molecular flexibility index (Phi) is 5.69. The van der Waals surface area contributed by atoms with Gasteiger partial charge in [-0.3, -0.25) is 4.72 Å². The molecule has 3 aromatic rings. The Morgan fingerprint density at radius 1 is 1.18 bits per heavy atom. The van der Waals surface area contributed by atoms with E-state index in [0.29, 0.717) is 22.2 Å². The standard InChI is InChI=1S/C21H22ClN3O2S/c1-14(2)10-11-25-20-9-6-16(22)12-18(20)19(13-23)21(25)15-4-7-17(8-5-15)24-28(3,26)27/h4-9,12,14,24H,10-11H2,1-3H3. The third kappa shape index (κ3) is 4.32. The molecule has 2 aromatic carbocycles. The van der Waals surface area contributed by atoms with Gasteiger partial charge in [0.1, 0.15) is 6.07 Å². The average molecular weight is 416 g/mol. The molecule has 1 heterocycles. The molecule has 0 fully saturated rings. The van der Waals surface area contributed by atoms with Crippen molar-refractivity contribution in [3.05, 3.63) is 53.1 Å². The van der Waals surface area contributed by atoms with Gasteiger partial charge < -0.3 is 4.57 Å². The molecule has 0 aliphatic rings. The van der Waals surface area contributed by atoms with Crippen molar-refractivity contribution < 1.29 is 8.42 Å². The summed E-state index contributed by atoms with van der Waals surface area (Å²) < 4.78 is 27.5. The Bertz CT molecular complexity index is 1160. The highest BCUT2D eigenvalue weighted by Crippen LogP contribution is 2.35. The van der Waals surface area contributed by atoms with Crippen molar-refractivity contribution in [2.45, 2.75) is 26.8 Å². The highest BCUT2D eigenvalue weighted by molar-refractivity contribution is 7.92. The van der Waals surface area contributed by atoms with E-state index in [9.17, 15) is 13.7 Å². The zero-order chi connectivity index (χ0) is 20.5. The van der Waals surface area contributed by atoms with E-state index >= 15 is 0 Å². The fraction of sp³-hybridized carbons (Fsp3) is 0.286. The quantitative estimate of drug-likeness (QED) is 0.597. The van der Waals surface area contributed by atoms with Gasteiger partial charge in [-0.1, -0.05) is 37.6 Å². The van der Waals surface area contributed by atoms with Crippen LogP contribution in [0.4, 0.5) is 5.69 Å². The number of rotatable bonds is 6. The maximum Gasteiger partial charge on any atom is 0.229 e. The topological polar surface area (TPSA) is 74.9 Å². The number of benzene rings is 2. The largest absolute Gasteiger partial charge is 0.339 e. The summed E-state index contributed by atoms with van der Waals surface area (Å²) in [5.74, 6) is 0.518. The number of aryl methyl sites for hydroxylation is 1. The van der Waals surface area contributed by atoms with Crippen LogP contribution in [-0.4, -0.2) is 19.2 Å². The van der Waals surface area contributed by atoms with Crippen LogP contribution in [0.2, 0.25) is 5.02 Å². The van der Waals surface area contributed by atoms with Crippen LogP contribution in [0, 0.1) is 17.2 Å². The first-order valence-electron chi connectivity index (χ1n) is 8.99. The fourth-order valence-corrected chi connectivity index (χ4v) is 4.01. The van der Waals surface area contributed by atoms with Crippen LogP contribution in [0.15, 0.2) is 42.5 Å². The highest BCUT2D eigenvalue weighted by atomic mass is 35.5.